The highest BCUT2D eigenvalue weighted by molar-refractivity contribution is 5.77. The lowest BCUT2D eigenvalue weighted by Crippen LogP contribution is -2.29. The van der Waals surface area contributed by atoms with Gasteiger partial charge in [0, 0.05) is 13.0 Å². The molecule has 4 rings (SSSR count). The number of H-pyrrole nitrogens is 2. The van der Waals surface area contributed by atoms with E-state index in [1.807, 2.05) is 0 Å². The Balaban J connectivity index is 1.73. The van der Waals surface area contributed by atoms with E-state index in [2.05, 4.69) is 46.2 Å². The van der Waals surface area contributed by atoms with Gasteiger partial charge in [0.1, 0.15) is 5.82 Å². The van der Waals surface area contributed by atoms with Crippen molar-refractivity contribution in [3.8, 4) is 0 Å². The molecule has 1 aromatic carbocycles. The molecule has 1 aliphatic rings. The van der Waals surface area contributed by atoms with Gasteiger partial charge in [0.05, 0.1) is 34.8 Å². The van der Waals surface area contributed by atoms with Gasteiger partial charge in [-0.05, 0) is 37.1 Å². The molecule has 0 saturated carbocycles. The van der Waals surface area contributed by atoms with Gasteiger partial charge in [-0.15, -0.1) is 0 Å². The van der Waals surface area contributed by atoms with Gasteiger partial charge in [-0.1, -0.05) is 0 Å². The van der Waals surface area contributed by atoms with Crippen molar-refractivity contribution in [2.24, 2.45) is 0 Å². The van der Waals surface area contributed by atoms with Gasteiger partial charge in [0.2, 0.25) is 0 Å². The first kappa shape index (κ1) is 11.7. The number of nitrogens with one attached hydrogen (secondary N) is 3. The van der Waals surface area contributed by atoms with Crippen LogP contribution < -0.4 is 5.32 Å². The van der Waals surface area contributed by atoms with Crippen molar-refractivity contribution in [3.05, 3.63) is 46.8 Å². The number of hydrogen-bond donors (Lipinski definition) is 3. The van der Waals surface area contributed by atoms with E-state index in [0.717, 1.165) is 35.5 Å². The summed E-state index contributed by atoms with van der Waals surface area (Å²) in [5.74, 6) is 0.999. The van der Waals surface area contributed by atoms with E-state index >= 15 is 0 Å². The van der Waals surface area contributed by atoms with Crippen molar-refractivity contribution >= 4 is 11.0 Å². The highest BCUT2D eigenvalue weighted by Crippen LogP contribution is 2.25. The zero-order valence-corrected chi connectivity index (χ0v) is 11.6. The second-order valence-corrected chi connectivity index (χ2v) is 5.54. The number of nitrogens with zero attached hydrogens (tertiary/aromatic N) is 2. The molecular formula is C15H17N5. The topological polar surface area (TPSA) is 69.4 Å². The molecule has 20 heavy (non-hydrogen) atoms. The molecule has 0 spiro atoms. The molecule has 0 saturated heterocycles. The lowest BCUT2D eigenvalue weighted by atomic mass is 10.1. The lowest BCUT2D eigenvalue weighted by Gasteiger charge is -2.20. The number of rotatable bonds is 1. The SMILES string of the molecule is Cc1cc2nc(C3Cc4nc[nH]c4CN3)[nH]c2cc1C. The Morgan fingerprint density at radius 1 is 1.20 bits per heavy atom. The average Bonchev–Trinajstić information content (AvgIpc) is 3.04. The van der Waals surface area contributed by atoms with Crippen molar-refractivity contribution in [1.29, 1.82) is 0 Å². The number of aromatic amines is 2. The standard InChI is InChI=1S/C15H17N5/c1-8-3-11-12(4-9(8)2)20-15(19-11)13-5-10-14(6-16-13)18-7-17-10/h3-4,7,13,16H,5-6H2,1-2H3,(H,17,18)(H,19,20). The van der Waals surface area contributed by atoms with Crippen LogP contribution in [0.1, 0.15) is 34.4 Å². The molecule has 0 fully saturated rings. The summed E-state index contributed by atoms with van der Waals surface area (Å²) in [5, 5.41) is 3.50. The highest BCUT2D eigenvalue weighted by atomic mass is 15.1. The van der Waals surface area contributed by atoms with E-state index in [9.17, 15) is 0 Å². The summed E-state index contributed by atoms with van der Waals surface area (Å²) in [6.07, 6.45) is 2.64. The van der Waals surface area contributed by atoms with Gasteiger partial charge in [0.25, 0.3) is 0 Å². The molecule has 3 aromatic rings. The maximum absolute atomic E-state index is 4.74. The molecule has 3 N–H and O–H groups in total. The largest absolute Gasteiger partial charge is 0.347 e. The smallest absolute Gasteiger partial charge is 0.124 e. The fourth-order valence-corrected chi connectivity index (χ4v) is 2.82. The van der Waals surface area contributed by atoms with Gasteiger partial charge in [-0.3, -0.25) is 0 Å². The molecule has 3 heterocycles. The second kappa shape index (κ2) is 4.18. The first-order chi connectivity index (χ1) is 9.70. The van der Waals surface area contributed by atoms with Crippen molar-refractivity contribution in [3.63, 3.8) is 0 Å². The molecule has 0 radical (unpaired) electrons. The molecule has 0 bridgehead atoms. The van der Waals surface area contributed by atoms with Crippen molar-refractivity contribution in [2.75, 3.05) is 0 Å². The van der Waals surface area contributed by atoms with Gasteiger partial charge < -0.3 is 15.3 Å². The zero-order chi connectivity index (χ0) is 13.7. The Bertz CT molecular complexity index is 744. The Morgan fingerprint density at radius 2 is 2.05 bits per heavy atom. The third-order valence-electron chi connectivity index (χ3n) is 4.18. The molecular weight excluding hydrogens is 250 g/mol. The molecule has 2 aromatic heterocycles. The Morgan fingerprint density at radius 3 is 2.95 bits per heavy atom. The summed E-state index contributed by atoms with van der Waals surface area (Å²) < 4.78 is 0. The molecule has 5 heteroatoms. The quantitative estimate of drug-likeness (QED) is 0.633. The Labute approximate surface area is 116 Å². The summed E-state index contributed by atoms with van der Waals surface area (Å²) >= 11 is 0. The number of aryl methyl sites for hydroxylation is 2. The monoisotopic (exact) mass is 267 g/mol. The predicted molar refractivity (Wildman–Crippen MR) is 77.4 cm³/mol. The van der Waals surface area contributed by atoms with Crippen LogP contribution in [0.25, 0.3) is 11.0 Å². The summed E-state index contributed by atoms with van der Waals surface area (Å²) in [4.78, 5) is 15.7. The van der Waals surface area contributed by atoms with E-state index in [1.54, 1.807) is 6.33 Å². The highest BCUT2D eigenvalue weighted by Gasteiger charge is 2.23. The van der Waals surface area contributed by atoms with Gasteiger partial charge >= 0.3 is 0 Å². The van der Waals surface area contributed by atoms with Crippen LogP contribution >= 0.6 is 0 Å². The summed E-state index contributed by atoms with van der Waals surface area (Å²) in [7, 11) is 0. The summed E-state index contributed by atoms with van der Waals surface area (Å²) in [5.41, 5.74) is 7.04. The summed E-state index contributed by atoms with van der Waals surface area (Å²) in [6, 6.07) is 4.52. The predicted octanol–water partition coefficient (Wildman–Crippen LogP) is 2.29. The van der Waals surface area contributed by atoms with Crippen molar-refractivity contribution in [2.45, 2.75) is 32.9 Å². The van der Waals surface area contributed by atoms with Gasteiger partial charge in [0.15, 0.2) is 0 Å². The molecule has 102 valence electrons. The number of imidazole rings is 2. The number of fused-ring (bicyclic) bond motifs is 2. The summed E-state index contributed by atoms with van der Waals surface area (Å²) in [6.45, 7) is 5.07. The Kier molecular flexibility index (Phi) is 2.44. The minimum Gasteiger partial charge on any atom is -0.347 e. The van der Waals surface area contributed by atoms with Crippen LogP contribution in [-0.2, 0) is 13.0 Å². The fourth-order valence-electron chi connectivity index (χ4n) is 2.82. The minimum atomic E-state index is 0.207. The maximum atomic E-state index is 4.74. The first-order valence-electron chi connectivity index (χ1n) is 6.92. The van der Waals surface area contributed by atoms with E-state index in [1.165, 1.54) is 16.8 Å². The van der Waals surface area contributed by atoms with E-state index in [0.29, 0.717) is 0 Å². The van der Waals surface area contributed by atoms with E-state index in [-0.39, 0.29) is 6.04 Å². The van der Waals surface area contributed by atoms with Crippen LogP contribution in [0, 0.1) is 13.8 Å². The van der Waals surface area contributed by atoms with Gasteiger partial charge in [-0.25, -0.2) is 9.97 Å². The molecule has 0 aliphatic carbocycles. The van der Waals surface area contributed by atoms with Crippen LogP contribution in [0.4, 0.5) is 0 Å². The van der Waals surface area contributed by atoms with Crippen LogP contribution in [-0.4, -0.2) is 19.9 Å². The lowest BCUT2D eigenvalue weighted by molar-refractivity contribution is 0.472. The molecule has 1 unspecified atom stereocenters. The number of benzene rings is 1. The zero-order valence-electron chi connectivity index (χ0n) is 11.6. The van der Waals surface area contributed by atoms with Crippen LogP contribution in [0.2, 0.25) is 0 Å². The normalized spacial score (nSPS) is 18.4. The third kappa shape index (κ3) is 1.74. The molecule has 1 atom stereocenters. The van der Waals surface area contributed by atoms with Crippen molar-refractivity contribution < 1.29 is 0 Å². The fraction of sp³-hybridized carbons (Fsp3) is 0.333. The van der Waals surface area contributed by atoms with Crippen molar-refractivity contribution in [1.82, 2.24) is 25.3 Å². The average molecular weight is 267 g/mol. The van der Waals surface area contributed by atoms with E-state index in [4.69, 9.17) is 4.98 Å². The third-order valence-corrected chi connectivity index (χ3v) is 4.18. The van der Waals surface area contributed by atoms with E-state index < -0.39 is 0 Å². The molecule has 5 nitrogen and oxygen atoms in total. The first-order valence-corrected chi connectivity index (χ1v) is 6.92. The Hall–Kier alpha value is -2.14. The number of hydrogen-bond acceptors (Lipinski definition) is 3. The molecule has 1 aliphatic heterocycles. The van der Waals surface area contributed by atoms with Crippen LogP contribution in [0.15, 0.2) is 18.5 Å². The maximum Gasteiger partial charge on any atom is 0.124 e. The molecule has 0 amide bonds. The number of aromatic nitrogens is 4. The van der Waals surface area contributed by atoms with Gasteiger partial charge in [-0.2, -0.15) is 0 Å². The van der Waals surface area contributed by atoms with Crippen LogP contribution in [0.5, 0.6) is 0 Å². The van der Waals surface area contributed by atoms with Crippen LogP contribution in [0.3, 0.4) is 0 Å². The minimum absolute atomic E-state index is 0.207. The second-order valence-electron chi connectivity index (χ2n) is 5.54.